The summed E-state index contributed by atoms with van der Waals surface area (Å²) < 4.78 is 11.9. The maximum absolute atomic E-state index is 13.1. The quantitative estimate of drug-likeness (QED) is 0.414. The number of halogens is 1. The van der Waals surface area contributed by atoms with Crippen molar-refractivity contribution in [3.8, 4) is 22.8 Å². The minimum atomic E-state index is -0.130. The topological polar surface area (TPSA) is 91.5 Å². The van der Waals surface area contributed by atoms with Gasteiger partial charge in [0.1, 0.15) is 12.4 Å². The number of H-pyrrole nitrogens is 1. The standard InChI is InChI=1S/C27H32ClN5O3/c1-16-13-21-23(27(34)30-16)25(31-20-9-6-8-19(28)26(20)35-3)24(32-21)18-10-11-29-14-22(18)36-15-17-7-4-5-12-33(17)2/h6,8-11,14,16-17,31-32H,4-5,7,12-13,15H2,1-3H3,(H,30,34). The molecule has 190 valence electrons. The van der Waals surface area contributed by atoms with Gasteiger partial charge in [0, 0.05) is 36.0 Å². The number of amides is 1. The normalized spacial score (nSPS) is 19.9. The third-order valence-electron chi connectivity index (χ3n) is 7.03. The van der Waals surface area contributed by atoms with Crippen molar-refractivity contribution in [3.63, 3.8) is 0 Å². The monoisotopic (exact) mass is 509 g/mol. The van der Waals surface area contributed by atoms with Gasteiger partial charge in [-0.2, -0.15) is 0 Å². The highest BCUT2D eigenvalue weighted by atomic mass is 35.5. The smallest absolute Gasteiger partial charge is 0.255 e. The lowest BCUT2D eigenvalue weighted by Gasteiger charge is -2.32. The summed E-state index contributed by atoms with van der Waals surface area (Å²) in [5.74, 6) is 1.05. The highest BCUT2D eigenvalue weighted by Crippen LogP contribution is 2.43. The van der Waals surface area contributed by atoms with Crippen LogP contribution in [-0.4, -0.2) is 60.2 Å². The van der Waals surface area contributed by atoms with E-state index in [1.54, 1.807) is 25.6 Å². The number of likely N-dealkylation sites (N-methyl/N-ethyl adjacent to an activating group) is 1. The third-order valence-corrected chi connectivity index (χ3v) is 7.33. The molecule has 2 unspecified atom stereocenters. The summed E-state index contributed by atoms with van der Waals surface area (Å²) >= 11 is 6.39. The Morgan fingerprint density at radius 3 is 2.94 bits per heavy atom. The van der Waals surface area contributed by atoms with Gasteiger partial charge in [-0.25, -0.2) is 0 Å². The summed E-state index contributed by atoms with van der Waals surface area (Å²) in [6, 6.07) is 7.79. The van der Waals surface area contributed by atoms with Crippen LogP contribution >= 0.6 is 11.6 Å². The van der Waals surface area contributed by atoms with E-state index in [4.69, 9.17) is 21.1 Å². The van der Waals surface area contributed by atoms with Crippen molar-refractivity contribution < 1.29 is 14.3 Å². The Bertz CT molecular complexity index is 1260. The summed E-state index contributed by atoms with van der Waals surface area (Å²) in [4.78, 5) is 23.4. The summed E-state index contributed by atoms with van der Waals surface area (Å²) in [7, 11) is 3.72. The number of piperidine rings is 1. The highest BCUT2D eigenvalue weighted by Gasteiger charge is 2.31. The zero-order valence-electron chi connectivity index (χ0n) is 20.9. The molecule has 5 rings (SSSR count). The van der Waals surface area contributed by atoms with Crippen LogP contribution in [0, 0.1) is 0 Å². The molecule has 8 nitrogen and oxygen atoms in total. The number of methoxy groups -OCH3 is 1. The van der Waals surface area contributed by atoms with Gasteiger partial charge >= 0.3 is 0 Å². The zero-order chi connectivity index (χ0) is 25.2. The SMILES string of the molecule is COc1c(Cl)cccc1Nc1c(-c2ccncc2OCC2CCCCN2C)[nH]c2c1C(=O)NC(C)C2. The molecule has 2 aromatic heterocycles. The van der Waals surface area contributed by atoms with Crippen molar-refractivity contribution in [1.29, 1.82) is 0 Å². The van der Waals surface area contributed by atoms with E-state index < -0.39 is 0 Å². The van der Waals surface area contributed by atoms with E-state index in [1.165, 1.54) is 12.8 Å². The second-order valence-corrected chi connectivity index (χ2v) is 9.97. The fraction of sp³-hybridized carbons (Fsp3) is 0.407. The van der Waals surface area contributed by atoms with Crippen molar-refractivity contribution >= 4 is 28.9 Å². The first kappa shape index (κ1) is 24.5. The molecule has 9 heteroatoms. The first-order valence-electron chi connectivity index (χ1n) is 12.4. The summed E-state index contributed by atoms with van der Waals surface area (Å²) in [6.45, 7) is 3.66. The average Bonchev–Trinajstić information content (AvgIpc) is 3.22. The number of hydrogen-bond acceptors (Lipinski definition) is 6. The number of pyridine rings is 1. The number of aromatic nitrogens is 2. The van der Waals surface area contributed by atoms with E-state index in [0.717, 1.165) is 29.9 Å². The number of ether oxygens (including phenoxy) is 2. The van der Waals surface area contributed by atoms with Gasteiger partial charge in [-0.1, -0.05) is 24.1 Å². The number of fused-ring (bicyclic) bond motifs is 1. The molecule has 2 aliphatic heterocycles. The minimum absolute atomic E-state index is 0.0278. The van der Waals surface area contributed by atoms with E-state index in [2.05, 4.69) is 32.5 Å². The van der Waals surface area contributed by atoms with Crippen LogP contribution in [0.3, 0.4) is 0 Å². The Morgan fingerprint density at radius 1 is 1.28 bits per heavy atom. The molecule has 0 saturated carbocycles. The lowest BCUT2D eigenvalue weighted by Crippen LogP contribution is -2.40. The molecule has 0 bridgehead atoms. The number of rotatable bonds is 7. The third kappa shape index (κ3) is 4.75. The number of carbonyl (C=O) groups is 1. The Kier molecular flexibility index (Phi) is 7.07. The molecule has 3 aromatic rings. The molecule has 1 amide bonds. The Hall–Kier alpha value is -3.23. The van der Waals surface area contributed by atoms with Gasteiger partial charge < -0.3 is 30.0 Å². The number of benzene rings is 1. The molecule has 4 heterocycles. The molecule has 1 saturated heterocycles. The molecule has 0 spiro atoms. The van der Waals surface area contributed by atoms with E-state index in [9.17, 15) is 4.79 Å². The van der Waals surface area contributed by atoms with Gasteiger partial charge in [-0.3, -0.25) is 9.78 Å². The van der Waals surface area contributed by atoms with Crippen LogP contribution in [0.5, 0.6) is 11.5 Å². The van der Waals surface area contributed by atoms with E-state index >= 15 is 0 Å². The van der Waals surface area contributed by atoms with Crippen LogP contribution in [0.2, 0.25) is 5.02 Å². The van der Waals surface area contributed by atoms with Gasteiger partial charge in [-0.05, 0) is 51.6 Å². The number of nitrogens with one attached hydrogen (secondary N) is 3. The van der Waals surface area contributed by atoms with Crippen LogP contribution < -0.4 is 20.1 Å². The van der Waals surface area contributed by atoms with Gasteiger partial charge in [0.05, 0.1) is 41.0 Å². The van der Waals surface area contributed by atoms with Crippen molar-refractivity contribution in [2.45, 2.75) is 44.7 Å². The fourth-order valence-corrected chi connectivity index (χ4v) is 5.38. The number of likely N-dealkylation sites (tertiary alicyclic amines) is 1. The van der Waals surface area contributed by atoms with Crippen molar-refractivity contribution in [1.82, 2.24) is 20.2 Å². The molecular weight excluding hydrogens is 478 g/mol. The number of aromatic amines is 1. The van der Waals surface area contributed by atoms with E-state index in [-0.39, 0.29) is 11.9 Å². The molecule has 36 heavy (non-hydrogen) atoms. The maximum Gasteiger partial charge on any atom is 0.255 e. The molecule has 1 aromatic carbocycles. The molecule has 1 fully saturated rings. The van der Waals surface area contributed by atoms with Crippen LogP contribution in [0.1, 0.15) is 42.2 Å². The molecule has 0 radical (unpaired) electrons. The first-order valence-corrected chi connectivity index (χ1v) is 12.8. The number of para-hydroxylation sites is 1. The van der Waals surface area contributed by atoms with Crippen molar-refractivity contribution in [2.24, 2.45) is 0 Å². The molecule has 2 atom stereocenters. The fourth-order valence-electron chi connectivity index (χ4n) is 5.13. The minimum Gasteiger partial charge on any atom is -0.493 e. The summed E-state index contributed by atoms with van der Waals surface area (Å²) in [5, 5.41) is 6.97. The highest BCUT2D eigenvalue weighted by molar-refractivity contribution is 6.32. The summed E-state index contributed by atoms with van der Waals surface area (Å²) in [5.41, 5.74) is 4.38. The van der Waals surface area contributed by atoms with Gasteiger partial charge in [0.25, 0.3) is 5.91 Å². The zero-order valence-corrected chi connectivity index (χ0v) is 21.6. The van der Waals surface area contributed by atoms with E-state index in [0.29, 0.717) is 52.5 Å². The Morgan fingerprint density at radius 2 is 2.14 bits per heavy atom. The number of carbonyl (C=O) groups excluding carboxylic acids is 1. The lowest BCUT2D eigenvalue weighted by molar-refractivity contribution is 0.0930. The molecular formula is C27H32ClN5O3. The average molecular weight is 510 g/mol. The van der Waals surface area contributed by atoms with Gasteiger partial charge in [0.15, 0.2) is 5.75 Å². The van der Waals surface area contributed by atoms with Crippen molar-refractivity contribution in [2.75, 3.05) is 32.6 Å². The Balaban J connectivity index is 1.56. The van der Waals surface area contributed by atoms with Crippen molar-refractivity contribution in [3.05, 3.63) is 52.9 Å². The van der Waals surface area contributed by atoms with Gasteiger partial charge in [-0.15, -0.1) is 0 Å². The van der Waals surface area contributed by atoms with Crippen LogP contribution in [0.25, 0.3) is 11.3 Å². The predicted molar refractivity (Wildman–Crippen MR) is 142 cm³/mol. The second kappa shape index (κ2) is 10.4. The first-order chi connectivity index (χ1) is 17.5. The number of nitrogens with zero attached hydrogens (tertiary/aromatic N) is 2. The molecule has 2 aliphatic rings. The van der Waals surface area contributed by atoms with E-state index in [1.807, 2.05) is 25.1 Å². The van der Waals surface area contributed by atoms with Crippen LogP contribution in [0.4, 0.5) is 11.4 Å². The van der Waals surface area contributed by atoms with Crippen LogP contribution in [-0.2, 0) is 6.42 Å². The largest absolute Gasteiger partial charge is 0.493 e. The predicted octanol–water partition coefficient (Wildman–Crippen LogP) is 5.02. The number of anilines is 2. The molecule has 3 N–H and O–H groups in total. The summed E-state index contributed by atoms with van der Waals surface area (Å²) in [6.07, 6.45) is 7.72. The molecule has 0 aliphatic carbocycles. The number of hydrogen-bond donors (Lipinski definition) is 3. The second-order valence-electron chi connectivity index (χ2n) is 9.57. The van der Waals surface area contributed by atoms with Crippen LogP contribution in [0.15, 0.2) is 36.7 Å². The van der Waals surface area contributed by atoms with Gasteiger partial charge in [0.2, 0.25) is 0 Å². The Labute approximate surface area is 216 Å². The maximum atomic E-state index is 13.1. The lowest BCUT2D eigenvalue weighted by atomic mass is 10.0.